The van der Waals surface area contributed by atoms with Crippen LogP contribution < -0.4 is 5.56 Å². The summed E-state index contributed by atoms with van der Waals surface area (Å²) in [7, 11) is -3.85. The van der Waals surface area contributed by atoms with Crippen LogP contribution in [-0.2, 0) is 32.7 Å². The van der Waals surface area contributed by atoms with Gasteiger partial charge < -0.3 is 4.74 Å². The Hall–Kier alpha value is -3.89. The second-order valence-corrected chi connectivity index (χ2v) is 10.0. The summed E-state index contributed by atoms with van der Waals surface area (Å²) in [5.74, 6) is -0.651. The van der Waals surface area contributed by atoms with Crippen LogP contribution in [0.5, 0.6) is 0 Å². The molecule has 0 aliphatic carbocycles. The molecule has 9 nitrogen and oxygen atoms in total. The second-order valence-electron chi connectivity index (χ2n) is 8.15. The lowest BCUT2D eigenvalue weighted by Crippen LogP contribution is -2.41. The predicted octanol–water partition coefficient (Wildman–Crippen LogP) is 2.67. The maximum Gasteiger partial charge on any atom is 0.309 e. The van der Waals surface area contributed by atoms with Crippen molar-refractivity contribution in [1.29, 1.82) is 0 Å². The van der Waals surface area contributed by atoms with E-state index in [2.05, 4.69) is 10.3 Å². The van der Waals surface area contributed by atoms with Gasteiger partial charge in [-0.25, -0.2) is 8.42 Å². The Morgan fingerprint density at radius 1 is 0.971 bits per heavy atom. The number of nitrogens with zero attached hydrogens (tertiary/aromatic N) is 4. The Morgan fingerprint density at radius 2 is 1.69 bits per heavy atom. The van der Waals surface area contributed by atoms with E-state index in [1.54, 1.807) is 42.5 Å². The Kier molecular flexibility index (Phi) is 6.14. The highest BCUT2D eigenvalue weighted by molar-refractivity contribution is 7.89. The number of esters is 1. The van der Waals surface area contributed by atoms with Gasteiger partial charge in [0.15, 0.2) is 6.73 Å². The highest BCUT2D eigenvalue weighted by Crippen LogP contribution is 2.36. The van der Waals surface area contributed by atoms with Gasteiger partial charge in [0.1, 0.15) is 5.52 Å². The molecule has 1 aliphatic rings. The maximum atomic E-state index is 13.4. The molecule has 178 valence electrons. The van der Waals surface area contributed by atoms with Gasteiger partial charge in [-0.2, -0.15) is 8.99 Å². The van der Waals surface area contributed by atoms with E-state index in [-0.39, 0.29) is 17.9 Å². The Balaban J connectivity index is 1.40. The monoisotopic (exact) mass is 490 g/mol. The van der Waals surface area contributed by atoms with Gasteiger partial charge in [-0.1, -0.05) is 59.8 Å². The van der Waals surface area contributed by atoms with E-state index in [1.165, 1.54) is 16.4 Å². The summed E-state index contributed by atoms with van der Waals surface area (Å²) < 4.78 is 34.6. The number of carbonyl (C=O) groups is 1. The van der Waals surface area contributed by atoms with Crippen molar-refractivity contribution in [1.82, 2.24) is 19.3 Å². The zero-order chi connectivity index (χ0) is 24.4. The molecule has 0 saturated heterocycles. The predicted molar refractivity (Wildman–Crippen MR) is 128 cm³/mol. The number of carbonyl (C=O) groups excluding carboxylic acids is 1. The van der Waals surface area contributed by atoms with E-state index < -0.39 is 34.3 Å². The Morgan fingerprint density at radius 3 is 2.51 bits per heavy atom. The molecule has 5 rings (SSSR count). The van der Waals surface area contributed by atoms with Crippen molar-refractivity contribution in [2.24, 2.45) is 0 Å². The van der Waals surface area contributed by atoms with Crippen LogP contribution in [0.2, 0.25) is 0 Å². The lowest BCUT2D eigenvalue weighted by Gasteiger charge is -2.36. The summed E-state index contributed by atoms with van der Waals surface area (Å²) in [5, 5.41) is 8.16. The van der Waals surface area contributed by atoms with E-state index in [0.29, 0.717) is 17.3 Å². The van der Waals surface area contributed by atoms with Gasteiger partial charge in [0.2, 0.25) is 10.0 Å². The maximum absolute atomic E-state index is 13.4. The van der Waals surface area contributed by atoms with Crippen LogP contribution >= 0.6 is 0 Å². The summed E-state index contributed by atoms with van der Waals surface area (Å²) >= 11 is 0. The molecule has 0 N–H and O–H groups in total. The zero-order valence-corrected chi connectivity index (χ0v) is 19.5. The third-order valence-corrected chi connectivity index (χ3v) is 7.97. The minimum Gasteiger partial charge on any atom is -0.442 e. The van der Waals surface area contributed by atoms with Gasteiger partial charge >= 0.3 is 5.97 Å². The van der Waals surface area contributed by atoms with Gasteiger partial charge in [0, 0.05) is 6.54 Å². The van der Waals surface area contributed by atoms with Crippen molar-refractivity contribution in [3.05, 3.63) is 100 Å². The van der Waals surface area contributed by atoms with E-state index >= 15 is 0 Å². The summed E-state index contributed by atoms with van der Waals surface area (Å²) in [6.45, 7) is -0.183. The van der Waals surface area contributed by atoms with Crippen LogP contribution in [0.3, 0.4) is 0 Å². The molecule has 1 unspecified atom stereocenters. The number of hydrogen-bond donors (Lipinski definition) is 0. The molecular weight excluding hydrogens is 468 g/mol. The number of rotatable bonds is 6. The Labute approximate surface area is 201 Å². The molecule has 0 bridgehead atoms. The normalized spacial score (nSPS) is 16.1. The van der Waals surface area contributed by atoms with Crippen molar-refractivity contribution in [3.63, 3.8) is 0 Å². The molecule has 0 amide bonds. The number of hydrogen-bond acceptors (Lipinski definition) is 7. The quantitative estimate of drug-likeness (QED) is 0.382. The standard InChI is InChI=1S/C25H22N4O5S/c30-24(34-17-28-25(31)21-12-6-7-13-22(21)26-27-28)16-23-20-11-5-4-8-18(20)14-15-29(23)35(32,33)19-9-2-1-3-10-19/h1-13,23H,14-17H2. The first kappa shape index (κ1) is 22.9. The van der Waals surface area contributed by atoms with Crippen molar-refractivity contribution in [2.45, 2.75) is 30.5 Å². The first-order chi connectivity index (χ1) is 16.9. The van der Waals surface area contributed by atoms with Crippen LogP contribution in [0.15, 0.2) is 88.6 Å². The van der Waals surface area contributed by atoms with Gasteiger partial charge in [-0.3, -0.25) is 9.59 Å². The molecule has 10 heteroatoms. The number of fused-ring (bicyclic) bond motifs is 2. The molecule has 0 spiro atoms. The van der Waals surface area contributed by atoms with Gasteiger partial charge in [0.05, 0.1) is 22.7 Å². The van der Waals surface area contributed by atoms with Crippen LogP contribution in [0.25, 0.3) is 10.9 Å². The first-order valence-electron chi connectivity index (χ1n) is 11.1. The summed E-state index contributed by atoms with van der Waals surface area (Å²) in [6.07, 6.45) is 0.328. The van der Waals surface area contributed by atoms with Crippen molar-refractivity contribution in [3.8, 4) is 0 Å². The summed E-state index contributed by atoms with van der Waals surface area (Å²) in [6, 6.07) is 21.6. The van der Waals surface area contributed by atoms with Crippen LogP contribution in [0.1, 0.15) is 23.6 Å². The molecule has 0 fully saturated rings. The van der Waals surface area contributed by atoms with Crippen molar-refractivity contribution < 1.29 is 17.9 Å². The number of aromatic nitrogens is 3. The van der Waals surface area contributed by atoms with Crippen molar-refractivity contribution in [2.75, 3.05) is 6.54 Å². The number of ether oxygens (including phenoxy) is 1. The SMILES string of the molecule is O=C(CC1c2ccccc2CCN1S(=O)(=O)c1ccccc1)OCn1nnc2ccccc2c1=O. The minimum absolute atomic E-state index is 0.163. The lowest BCUT2D eigenvalue weighted by atomic mass is 9.92. The third-order valence-electron chi connectivity index (χ3n) is 6.05. The molecule has 1 aliphatic heterocycles. The van der Waals surface area contributed by atoms with Crippen LogP contribution in [-0.4, -0.2) is 40.2 Å². The van der Waals surface area contributed by atoms with E-state index in [1.807, 2.05) is 24.3 Å². The van der Waals surface area contributed by atoms with Crippen molar-refractivity contribution >= 4 is 26.9 Å². The van der Waals surface area contributed by atoms with Crippen LogP contribution in [0, 0.1) is 0 Å². The average molecular weight is 491 g/mol. The fourth-order valence-corrected chi connectivity index (χ4v) is 5.94. The van der Waals surface area contributed by atoms with Crippen LogP contribution in [0.4, 0.5) is 0 Å². The Bertz CT molecular complexity index is 1550. The fraction of sp³-hybridized carbons (Fsp3) is 0.200. The number of benzene rings is 3. The molecule has 2 heterocycles. The molecule has 1 atom stereocenters. The average Bonchev–Trinajstić information content (AvgIpc) is 2.89. The lowest BCUT2D eigenvalue weighted by molar-refractivity contribution is -0.149. The highest BCUT2D eigenvalue weighted by Gasteiger charge is 2.37. The van der Waals surface area contributed by atoms with Gasteiger partial charge in [-0.15, -0.1) is 5.10 Å². The molecule has 1 aromatic heterocycles. The fourth-order valence-electron chi connectivity index (χ4n) is 4.31. The zero-order valence-electron chi connectivity index (χ0n) is 18.6. The molecule has 35 heavy (non-hydrogen) atoms. The van der Waals surface area contributed by atoms with Gasteiger partial charge in [0.25, 0.3) is 5.56 Å². The highest BCUT2D eigenvalue weighted by atomic mass is 32.2. The first-order valence-corrected chi connectivity index (χ1v) is 12.5. The second kappa shape index (κ2) is 9.40. The molecule has 0 radical (unpaired) electrons. The third kappa shape index (κ3) is 4.45. The molecule has 3 aromatic carbocycles. The smallest absolute Gasteiger partial charge is 0.309 e. The largest absolute Gasteiger partial charge is 0.442 e. The molecule has 4 aromatic rings. The van der Waals surface area contributed by atoms with Gasteiger partial charge in [-0.05, 0) is 41.8 Å². The van der Waals surface area contributed by atoms with E-state index in [4.69, 9.17) is 4.74 Å². The summed E-state index contributed by atoms with van der Waals surface area (Å²) in [5.41, 5.74) is 1.76. The van der Waals surface area contributed by atoms with E-state index in [9.17, 15) is 18.0 Å². The molecule has 0 saturated carbocycles. The topological polar surface area (TPSA) is 111 Å². The minimum atomic E-state index is -3.85. The number of sulfonamides is 1. The molecular formula is C25H22N4O5S. The van der Waals surface area contributed by atoms with E-state index in [0.717, 1.165) is 15.8 Å². The summed E-state index contributed by atoms with van der Waals surface area (Å²) in [4.78, 5) is 25.7.